The number of fused-ring (bicyclic) bond motifs is 2. The summed E-state index contributed by atoms with van der Waals surface area (Å²) in [5, 5.41) is 36.7. The molecule has 1 saturated heterocycles. The number of aromatic nitrogens is 5. The van der Waals surface area contributed by atoms with Gasteiger partial charge in [-0.15, -0.1) is 10.2 Å². The number of piperidine rings is 1. The average Bonchev–Trinajstić information content (AvgIpc) is 4.03. The molecule has 1 aliphatic carbocycles. The first-order valence-electron chi connectivity index (χ1n) is 22.2. The number of hydrogen-bond acceptors (Lipinski definition) is 16. The smallest absolute Gasteiger partial charge is 0.264 e. The highest BCUT2D eigenvalue weighted by atomic mass is 32.1. The number of hydrogen-bond donors (Lipinski definition) is 4. The summed E-state index contributed by atoms with van der Waals surface area (Å²) in [5.74, 6) is -1.99. The van der Waals surface area contributed by atoms with E-state index in [9.17, 15) is 29.2 Å². The summed E-state index contributed by atoms with van der Waals surface area (Å²) < 4.78 is 18.6. The summed E-state index contributed by atoms with van der Waals surface area (Å²) in [4.78, 5) is 68.7. The van der Waals surface area contributed by atoms with Gasteiger partial charge in [0.25, 0.3) is 11.8 Å². The number of nitriles is 1. The summed E-state index contributed by atoms with van der Waals surface area (Å²) in [6.45, 7) is 6.49. The molecule has 66 heavy (non-hydrogen) atoms. The number of carbonyl (C=O) groups is 5. The summed E-state index contributed by atoms with van der Waals surface area (Å²) in [6.07, 6.45) is 7.27. The SMILES string of the molecule is CC(C)Nc1cc(-c2ccc3cc(C#N)cnn23)ncc1-c1nnc(C2CCC(NC(=O)CCOCCOCCOCCNc3cccc4c3C(=O)N(C3CCC(=O)NC3=O)C4=O)CC2)s1. The van der Waals surface area contributed by atoms with E-state index in [0.29, 0.717) is 50.8 Å². The molecular formula is C46H51N11O8S. The lowest BCUT2D eigenvalue weighted by molar-refractivity contribution is -0.136. The molecule has 0 spiro atoms. The Balaban J connectivity index is 0.690. The Labute approximate surface area is 384 Å². The largest absolute Gasteiger partial charge is 0.382 e. The molecule has 5 aromatic rings. The van der Waals surface area contributed by atoms with Crippen molar-refractivity contribution in [3.63, 3.8) is 0 Å². The number of pyridine rings is 1. The van der Waals surface area contributed by atoms with Crippen LogP contribution in [0.3, 0.4) is 0 Å². The van der Waals surface area contributed by atoms with Crippen LogP contribution >= 0.6 is 11.3 Å². The molecule has 1 atom stereocenters. The van der Waals surface area contributed by atoms with Crippen LogP contribution in [-0.4, -0.2) is 124 Å². The predicted molar refractivity (Wildman–Crippen MR) is 243 cm³/mol. The van der Waals surface area contributed by atoms with Crippen molar-refractivity contribution in [3.8, 4) is 28.0 Å². The van der Waals surface area contributed by atoms with E-state index in [4.69, 9.17) is 19.2 Å². The van der Waals surface area contributed by atoms with E-state index in [1.165, 1.54) is 0 Å². The monoisotopic (exact) mass is 917 g/mol. The molecule has 5 amide bonds. The fourth-order valence-electron chi connectivity index (χ4n) is 8.37. The van der Waals surface area contributed by atoms with Crippen LogP contribution in [0.25, 0.3) is 27.5 Å². The molecule has 8 rings (SSSR count). The van der Waals surface area contributed by atoms with Gasteiger partial charge >= 0.3 is 0 Å². The van der Waals surface area contributed by atoms with Crippen LogP contribution in [0.1, 0.15) is 96.0 Å². The standard InChI is InChI=1S/C46H51N11O8S/c1-27(2)51-35-23-36(37-11-10-31-22-28(24-47)25-50-57(31)37)49-26-33(35)44-55-54-43(66-44)29-6-8-30(9-7-29)52-40(59)14-16-63-18-20-65-21-19-64-17-15-48-34-5-3-4-32-41(34)46(62)56(45(32)61)38-12-13-39(58)53-42(38)60/h3-5,10-11,22-23,25-27,29-30,38,48H,6-9,12-21H2,1-2H3,(H,49,51)(H,52,59)(H,53,58,60). The molecule has 4 N–H and O–H groups in total. The van der Waals surface area contributed by atoms with Gasteiger partial charge in [0.05, 0.1) is 85.0 Å². The molecule has 0 bridgehead atoms. The van der Waals surface area contributed by atoms with Gasteiger partial charge in [0.15, 0.2) is 5.01 Å². The molecule has 19 nitrogen and oxygen atoms in total. The zero-order valence-electron chi connectivity index (χ0n) is 36.7. The third-order valence-electron chi connectivity index (χ3n) is 11.6. The second-order valence-electron chi connectivity index (χ2n) is 16.6. The number of ether oxygens (including phenoxy) is 3. The van der Waals surface area contributed by atoms with Gasteiger partial charge in [-0.25, -0.2) is 4.52 Å². The number of carbonyl (C=O) groups excluding carboxylic acids is 5. The van der Waals surface area contributed by atoms with E-state index >= 15 is 0 Å². The van der Waals surface area contributed by atoms with Crippen LogP contribution in [0.5, 0.6) is 0 Å². The summed E-state index contributed by atoms with van der Waals surface area (Å²) in [6, 6.07) is 13.9. The number of anilines is 2. The highest BCUT2D eigenvalue weighted by Crippen LogP contribution is 2.39. The Kier molecular flexibility index (Phi) is 14.7. The lowest BCUT2D eigenvalue weighted by Gasteiger charge is -2.27. The number of imide groups is 2. The van der Waals surface area contributed by atoms with Crippen molar-refractivity contribution in [1.29, 1.82) is 5.26 Å². The van der Waals surface area contributed by atoms with Crippen molar-refractivity contribution >= 4 is 57.8 Å². The lowest BCUT2D eigenvalue weighted by Crippen LogP contribution is -2.54. The van der Waals surface area contributed by atoms with Crippen molar-refractivity contribution in [2.75, 3.05) is 56.8 Å². The minimum Gasteiger partial charge on any atom is -0.382 e. The molecule has 3 aliphatic rings. The quantitative estimate of drug-likeness (QED) is 0.0611. The molecule has 20 heteroatoms. The summed E-state index contributed by atoms with van der Waals surface area (Å²) >= 11 is 1.58. The van der Waals surface area contributed by atoms with Gasteiger partial charge in [0, 0.05) is 55.0 Å². The van der Waals surface area contributed by atoms with Crippen LogP contribution in [0.15, 0.2) is 54.9 Å². The molecule has 1 saturated carbocycles. The number of nitrogens with zero attached hydrogens (tertiary/aromatic N) is 7. The Hall–Kier alpha value is -6.66. The number of rotatable bonds is 20. The second kappa shape index (κ2) is 21.1. The van der Waals surface area contributed by atoms with Crippen molar-refractivity contribution in [2.45, 2.75) is 82.8 Å². The molecule has 1 unspecified atom stereocenters. The minimum atomic E-state index is -1.03. The van der Waals surface area contributed by atoms with Gasteiger partial charge < -0.3 is 30.2 Å². The fraction of sp³-hybridized carbons (Fsp3) is 0.435. The first-order valence-corrected chi connectivity index (χ1v) is 23.0. The van der Waals surface area contributed by atoms with Gasteiger partial charge in [0.2, 0.25) is 17.7 Å². The maximum Gasteiger partial charge on any atom is 0.264 e. The van der Waals surface area contributed by atoms with Crippen molar-refractivity contribution in [2.24, 2.45) is 0 Å². The Morgan fingerprint density at radius 3 is 2.42 bits per heavy atom. The van der Waals surface area contributed by atoms with Crippen LogP contribution < -0.4 is 21.3 Å². The highest BCUT2D eigenvalue weighted by molar-refractivity contribution is 7.14. The van der Waals surface area contributed by atoms with Crippen molar-refractivity contribution in [1.82, 2.24) is 40.3 Å². The molecule has 6 heterocycles. The molecular weight excluding hydrogens is 867 g/mol. The first-order chi connectivity index (χ1) is 32.1. The molecule has 1 aromatic carbocycles. The highest BCUT2D eigenvalue weighted by Gasteiger charge is 2.45. The van der Waals surface area contributed by atoms with Gasteiger partial charge in [-0.3, -0.25) is 39.2 Å². The molecule has 0 radical (unpaired) electrons. The van der Waals surface area contributed by atoms with E-state index in [2.05, 4.69) is 56.5 Å². The van der Waals surface area contributed by atoms with E-state index in [1.54, 1.807) is 46.3 Å². The lowest BCUT2D eigenvalue weighted by atomic mass is 9.86. The maximum absolute atomic E-state index is 13.2. The van der Waals surface area contributed by atoms with E-state index in [-0.39, 0.29) is 60.9 Å². The first kappa shape index (κ1) is 45.9. The molecule has 2 aliphatic heterocycles. The zero-order valence-corrected chi connectivity index (χ0v) is 37.5. The Morgan fingerprint density at radius 2 is 1.67 bits per heavy atom. The van der Waals surface area contributed by atoms with E-state index in [0.717, 1.165) is 68.8 Å². The van der Waals surface area contributed by atoms with Gasteiger partial charge in [0.1, 0.15) is 17.1 Å². The minimum absolute atomic E-state index is 0.0420. The average molecular weight is 918 g/mol. The van der Waals surface area contributed by atoms with Crippen LogP contribution in [0, 0.1) is 11.3 Å². The number of nitrogens with one attached hydrogen (secondary N) is 4. The summed E-state index contributed by atoms with van der Waals surface area (Å²) in [5.41, 5.74) is 5.51. The van der Waals surface area contributed by atoms with Gasteiger partial charge in [-0.2, -0.15) is 10.4 Å². The molecule has 2 fully saturated rings. The van der Waals surface area contributed by atoms with E-state index < -0.39 is 29.7 Å². The van der Waals surface area contributed by atoms with Crippen molar-refractivity contribution in [3.05, 3.63) is 76.6 Å². The third-order valence-corrected chi connectivity index (χ3v) is 12.7. The fourth-order valence-corrected chi connectivity index (χ4v) is 9.41. The predicted octanol–water partition coefficient (Wildman–Crippen LogP) is 4.70. The molecule has 4 aromatic heterocycles. The zero-order chi connectivity index (χ0) is 46.2. The van der Waals surface area contributed by atoms with Crippen LogP contribution in [-0.2, 0) is 28.6 Å². The second-order valence-corrected chi connectivity index (χ2v) is 17.6. The van der Waals surface area contributed by atoms with Crippen LogP contribution in [0.2, 0.25) is 0 Å². The number of benzene rings is 1. The van der Waals surface area contributed by atoms with Gasteiger partial charge in [-0.05, 0) is 82.3 Å². The van der Waals surface area contributed by atoms with E-state index in [1.807, 2.05) is 24.4 Å². The third kappa shape index (κ3) is 10.6. The Bertz CT molecular complexity index is 2650. The van der Waals surface area contributed by atoms with Crippen molar-refractivity contribution < 1.29 is 38.2 Å². The topological polar surface area (TPSA) is 244 Å². The van der Waals surface area contributed by atoms with Crippen LogP contribution in [0.4, 0.5) is 11.4 Å². The number of amides is 5. The molecule has 344 valence electrons. The maximum atomic E-state index is 13.2. The Morgan fingerprint density at radius 1 is 0.894 bits per heavy atom. The summed E-state index contributed by atoms with van der Waals surface area (Å²) in [7, 11) is 0. The normalized spacial score (nSPS) is 18.4. The van der Waals surface area contributed by atoms with Gasteiger partial charge in [-0.1, -0.05) is 17.4 Å².